The van der Waals surface area contributed by atoms with Crippen LogP contribution < -0.4 is 17.0 Å². The van der Waals surface area contributed by atoms with Gasteiger partial charge in [0.25, 0.3) is 0 Å². The van der Waals surface area contributed by atoms with E-state index in [2.05, 4.69) is 5.43 Å². The molecule has 3 nitrogen and oxygen atoms in total. The van der Waals surface area contributed by atoms with Crippen LogP contribution >= 0.6 is 0 Å². The lowest BCUT2D eigenvalue weighted by atomic mass is 10.1. The zero-order valence-electron chi connectivity index (χ0n) is 5.52. The lowest BCUT2D eigenvalue weighted by Gasteiger charge is -2.11. The molecule has 0 aromatic heterocycles. The maximum Gasteiger partial charge on any atom is 0.0196 e. The van der Waals surface area contributed by atoms with E-state index < -0.39 is 0 Å². The molecule has 0 aliphatic rings. The van der Waals surface area contributed by atoms with Crippen LogP contribution in [0.15, 0.2) is 0 Å². The van der Waals surface area contributed by atoms with Gasteiger partial charge in [-0.15, -0.1) is 0 Å². The maximum absolute atomic E-state index is 5.47. The van der Waals surface area contributed by atoms with Crippen molar-refractivity contribution in [1.29, 1.82) is 0 Å². The molecular weight excluding hydrogens is 102 g/mol. The van der Waals surface area contributed by atoms with Gasteiger partial charge < -0.3 is 5.73 Å². The van der Waals surface area contributed by atoms with Gasteiger partial charge in [0.05, 0.1) is 0 Å². The first-order valence-corrected chi connectivity index (χ1v) is 2.88. The molecule has 0 radical (unpaired) electrons. The van der Waals surface area contributed by atoms with E-state index in [0.717, 1.165) is 6.42 Å². The van der Waals surface area contributed by atoms with Crippen molar-refractivity contribution in [1.82, 2.24) is 5.43 Å². The molecule has 2 unspecified atom stereocenters. The molecule has 0 aromatic carbocycles. The van der Waals surface area contributed by atoms with Crippen molar-refractivity contribution in [2.45, 2.75) is 32.4 Å². The highest BCUT2D eigenvalue weighted by Gasteiger charge is 2.00. The van der Waals surface area contributed by atoms with E-state index in [1.54, 1.807) is 0 Å². The Hall–Kier alpha value is -0.120. The van der Waals surface area contributed by atoms with Crippen LogP contribution in [0.2, 0.25) is 0 Å². The average molecular weight is 117 g/mol. The molecule has 50 valence electrons. The number of hydrazine groups is 1. The zero-order chi connectivity index (χ0) is 6.57. The van der Waals surface area contributed by atoms with E-state index in [4.69, 9.17) is 11.6 Å². The molecule has 0 spiro atoms. The minimum Gasteiger partial charge on any atom is -0.328 e. The molecule has 2 atom stereocenters. The van der Waals surface area contributed by atoms with E-state index in [1.165, 1.54) is 0 Å². The van der Waals surface area contributed by atoms with Crippen LogP contribution in [0.4, 0.5) is 0 Å². The molecule has 0 amide bonds. The quantitative estimate of drug-likeness (QED) is 0.347. The molecule has 8 heavy (non-hydrogen) atoms. The van der Waals surface area contributed by atoms with Gasteiger partial charge in [-0.2, -0.15) is 0 Å². The van der Waals surface area contributed by atoms with Crippen molar-refractivity contribution in [3.05, 3.63) is 0 Å². The molecule has 0 saturated heterocycles. The van der Waals surface area contributed by atoms with Gasteiger partial charge in [0.2, 0.25) is 0 Å². The van der Waals surface area contributed by atoms with Crippen molar-refractivity contribution in [2.24, 2.45) is 11.6 Å². The molecule has 0 aromatic rings. The largest absolute Gasteiger partial charge is 0.328 e. The Bertz CT molecular complexity index is 53.6. The zero-order valence-corrected chi connectivity index (χ0v) is 5.52. The Balaban J connectivity index is 3.10. The van der Waals surface area contributed by atoms with Gasteiger partial charge in [-0.1, -0.05) is 0 Å². The third-order valence-corrected chi connectivity index (χ3v) is 1.01. The predicted molar refractivity (Wildman–Crippen MR) is 35.1 cm³/mol. The van der Waals surface area contributed by atoms with E-state index in [0.29, 0.717) is 6.04 Å². The fourth-order valence-electron chi connectivity index (χ4n) is 0.626. The topological polar surface area (TPSA) is 64.1 Å². The molecule has 0 fully saturated rings. The van der Waals surface area contributed by atoms with Crippen LogP contribution in [-0.4, -0.2) is 12.1 Å². The Morgan fingerprint density at radius 2 is 2.00 bits per heavy atom. The summed E-state index contributed by atoms with van der Waals surface area (Å²) in [5.41, 5.74) is 8.09. The summed E-state index contributed by atoms with van der Waals surface area (Å²) in [5.74, 6) is 5.11. The molecule has 0 heterocycles. The van der Waals surface area contributed by atoms with E-state index in [9.17, 15) is 0 Å². The van der Waals surface area contributed by atoms with Crippen molar-refractivity contribution >= 4 is 0 Å². The number of nitrogens with one attached hydrogen (secondary N) is 1. The summed E-state index contributed by atoms with van der Waals surface area (Å²) in [6.45, 7) is 3.97. The molecule has 5 N–H and O–H groups in total. The molecule has 0 aliphatic carbocycles. The van der Waals surface area contributed by atoms with Crippen molar-refractivity contribution in [3.8, 4) is 0 Å². The number of rotatable bonds is 3. The third-order valence-electron chi connectivity index (χ3n) is 1.01. The highest BCUT2D eigenvalue weighted by molar-refractivity contribution is 4.62. The molecule has 3 heteroatoms. The molecule has 0 saturated carbocycles. The molecule has 0 bridgehead atoms. The summed E-state index contributed by atoms with van der Waals surface area (Å²) in [4.78, 5) is 0. The lowest BCUT2D eigenvalue weighted by molar-refractivity contribution is 0.489. The Kier molecular flexibility index (Phi) is 3.77. The Morgan fingerprint density at radius 1 is 1.50 bits per heavy atom. The standard InChI is InChI=1S/C5H15N3/c1-4(6)3-5(2)8-7/h4-5,8H,3,6-7H2,1-2H3. The van der Waals surface area contributed by atoms with Gasteiger partial charge in [-0.05, 0) is 20.3 Å². The lowest BCUT2D eigenvalue weighted by Crippen LogP contribution is -2.36. The minimum atomic E-state index is 0.237. The van der Waals surface area contributed by atoms with Crippen molar-refractivity contribution in [3.63, 3.8) is 0 Å². The molecular formula is C5H15N3. The van der Waals surface area contributed by atoms with Crippen LogP contribution in [0.3, 0.4) is 0 Å². The number of hydrogen-bond donors (Lipinski definition) is 3. The van der Waals surface area contributed by atoms with Crippen LogP contribution in [-0.2, 0) is 0 Å². The first-order chi connectivity index (χ1) is 3.66. The number of nitrogens with two attached hydrogens (primary N) is 2. The van der Waals surface area contributed by atoms with E-state index in [1.807, 2.05) is 13.8 Å². The Labute approximate surface area is 50.4 Å². The Morgan fingerprint density at radius 3 is 2.12 bits per heavy atom. The second kappa shape index (κ2) is 3.83. The molecule has 0 rings (SSSR count). The monoisotopic (exact) mass is 117 g/mol. The summed E-state index contributed by atoms with van der Waals surface area (Å²) in [5, 5.41) is 0. The predicted octanol–water partition coefficient (Wildman–Crippen LogP) is -0.424. The first-order valence-electron chi connectivity index (χ1n) is 2.88. The third kappa shape index (κ3) is 4.05. The van der Waals surface area contributed by atoms with Crippen molar-refractivity contribution < 1.29 is 0 Å². The van der Waals surface area contributed by atoms with Gasteiger partial charge in [0.15, 0.2) is 0 Å². The van der Waals surface area contributed by atoms with Crippen LogP contribution in [0, 0.1) is 0 Å². The van der Waals surface area contributed by atoms with Gasteiger partial charge in [-0.25, -0.2) is 0 Å². The smallest absolute Gasteiger partial charge is 0.0196 e. The van der Waals surface area contributed by atoms with E-state index in [-0.39, 0.29) is 6.04 Å². The average Bonchev–Trinajstić information content (AvgIpc) is 1.65. The van der Waals surface area contributed by atoms with Gasteiger partial charge in [0.1, 0.15) is 0 Å². The fraction of sp³-hybridized carbons (Fsp3) is 1.00. The first kappa shape index (κ1) is 7.88. The SMILES string of the molecule is CC(N)CC(C)NN. The minimum absolute atomic E-state index is 0.237. The van der Waals surface area contributed by atoms with Gasteiger partial charge in [0, 0.05) is 12.1 Å². The summed E-state index contributed by atoms with van der Waals surface area (Å²) >= 11 is 0. The summed E-state index contributed by atoms with van der Waals surface area (Å²) in [7, 11) is 0. The summed E-state index contributed by atoms with van der Waals surface area (Å²) < 4.78 is 0. The van der Waals surface area contributed by atoms with Gasteiger partial charge in [-0.3, -0.25) is 11.3 Å². The van der Waals surface area contributed by atoms with Gasteiger partial charge >= 0.3 is 0 Å². The highest BCUT2D eigenvalue weighted by Crippen LogP contribution is 1.90. The van der Waals surface area contributed by atoms with Crippen molar-refractivity contribution in [2.75, 3.05) is 0 Å². The summed E-state index contributed by atoms with van der Waals surface area (Å²) in [6, 6.07) is 0.566. The number of hydrogen-bond acceptors (Lipinski definition) is 3. The van der Waals surface area contributed by atoms with Crippen LogP contribution in [0.1, 0.15) is 20.3 Å². The fourth-order valence-corrected chi connectivity index (χ4v) is 0.626. The normalized spacial score (nSPS) is 18.0. The van der Waals surface area contributed by atoms with E-state index >= 15 is 0 Å². The molecule has 0 aliphatic heterocycles. The summed E-state index contributed by atoms with van der Waals surface area (Å²) in [6.07, 6.45) is 0.927. The van der Waals surface area contributed by atoms with Crippen LogP contribution in [0.25, 0.3) is 0 Å². The maximum atomic E-state index is 5.47. The highest BCUT2D eigenvalue weighted by atomic mass is 15.2. The second-order valence-corrected chi connectivity index (χ2v) is 2.28. The second-order valence-electron chi connectivity index (χ2n) is 2.28. The van der Waals surface area contributed by atoms with Crippen LogP contribution in [0.5, 0.6) is 0 Å².